The van der Waals surface area contributed by atoms with Gasteiger partial charge >= 0.3 is 0 Å². The predicted octanol–water partition coefficient (Wildman–Crippen LogP) is 3.57. The Morgan fingerprint density at radius 3 is 2.94 bits per heavy atom. The molecule has 1 aromatic rings. The largest absolute Gasteiger partial charge is 0.446 e. The molecule has 1 aliphatic rings. The highest BCUT2D eigenvalue weighted by Crippen LogP contribution is 2.20. The second-order valence-electron chi connectivity index (χ2n) is 4.05. The predicted molar refractivity (Wildman–Crippen MR) is 63.6 cm³/mol. The van der Waals surface area contributed by atoms with Crippen LogP contribution in [0.3, 0.4) is 0 Å². The van der Waals surface area contributed by atoms with E-state index in [0.29, 0.717) is 16.9 Å². The van der Waals surface area contributed by atoms with Crippen LogP contribution in [0, 0.1) is 0 Å². The molecule has 0 N–H and O–H groups in total. The van der Waals surface area contributed by atoms with Crippen molar-refractivity contribution in [2.75, 3.05) is 6.61 Å². The number of carbonyl (C=O) groups is 1. The van der Waals surface area contributed by atoms with Crippen LogP contribution in [0.1, 0.15) is 42.7 Å². The average Bonchev–Trinajstić information content (AvgIpc) is 2.74. The highest BCUT2D eigenvalue weighted by atomic mass is 79.9. The van der Waals surface area contributed by atoms with E-state index in [1.807, 2.05) is 0 Å². The van der Waals surface area contributed by atoms with Gasteiger partial charge in [0.05, 0.1) is 6.10 Å². The van der Waals surface area contributed by atoms with Crippen molar-refractivity contribution in [3.8, 4) is 0 Å². The van der Waals surface area contributed by atoms with Crippen molar-refractivity contribution in [3.63, 3.8) is 0 Å². The monoisotopic (exact) mass is 286 g/mol. The Balaban J connectivity index is 1.79. The number of hydrogen-bond donors (Lipinski definition) is 0. The molecule has 0 spiro atoms. The fourth-order valence-electron chi connectivity index (χ4n) is 1.91. The van der Waals surface area contributed by atoms with Gasteiger partial charge in [0.25, 0.3) is 0 Å². The molecule has 1 unspecified atom stereocenters. The minimum atomic E-state index is 0.0554. The Labute approximate surface area is 103 Å². The fourth-order valence-corrected chi connectivity index (χ4v) is 2.22. The lowest BCUT2D eigenvalue weighted by atomic mass is 10.0. The van der Waals surface area contributed by atoms with Crippen molar-refractivity contribution in [3.05, 3.63) is 22.6 Å². The van der Waals surface area contributed by atoms with E-state index in [1.54, 1.807) is 12.1 Å². The molecular formula is C12H15BrO3. The van der Waals surface area contributed by atoms with E-state index in [0.717, 1.165) is 25.9 Å². The molecule has 3 nitrogen and oxygen atoms in total. The number of halogens is 1. The van der Waals surface area contributed by atoms with Crippen molar-refractivity contribution in [1.82, 2.24) is 0 Å². The molecule has 0 aliphatic carbocycles. The van der Waals surface area contributed by atoms with E-state index in [1.165, 1.54) is 6.42 Å². The molecule has 0 aromatic carbocycles. The van der Waals surface area contributed by atoms with Crippen molar-refractivity contribution in [2.45, 2.75) is 38.2 Å². The van der Waals surface area contributed by atoms with Crippen LogP contribution in [0.15, 0.2) is 21.2 Å². The topological polar surface area (TPSA) is 39.4 Å². The molecule has 1 aromatic heterocycles. The first-order chi connectivity index (χ1) is 7.75. The third-order valence-corrected chi connectivity index (χ3v) is 3.24. The first-order valence-electron chi connectivity index (χ1n) is 5.66. The summed E-state index contributed by atoms with van der Waals surface area (Å²) in [5.41, 5.74) is 0. The van der Waals surface area contributed by atoms with Crippen LogP contribution in [0.25, 0.3) is 0 Å². The van der Waals surface area contributed by atoms with Gasteiger partial charge in [0.1, 0.15) is 0 Å². The van der Waals surface area contributed by atoms with Gasteiger partial charge in [-0.2, -0.15) is 0 Å². The van der Waals surface area contributed by atoms with Gasteiger partial charge < -0.3 is 9.15 Å². The lowest BCUT2D eigenvalue weighted by molar-refractivity contribution is 0.0103. The maximum absolute atomic E-state index is 11.7. The Bertz CT molecular complexity index is 353. The zero-order valence-electron chi connectivity index (χ0n) is 9.08. The first-order valence-corrected chi connectivity index (χ1v) is 6.45. The molecule has 1 saturated heterocycles. The second-order valence-corrected chi connectivity index (χ2v) is 4.84. The molecule has 88 valence electrons. The van der Waals surface area contributed by atoms with E-state index in [9.17, 15) is 4.79 Å². The average molecular weight is 287 g/mol. The number of ether oxygens (including phenoxy) is 1. The summed E-state index contributed by atoms with van der Waals surface area (Å²) < 4.78 is 11.4. The van der Waals surface area contributed by atoms with Gasteiger partial charge in [-0.15, -0.1) is 0 Å². The molecule has 0 amide bonds. The summed E-state index contributed by atoms with van der Waals surface area (Å²) >= 11 is 3.18. The molecule has 4 heteroatoms. The van der Waals surface area contributed by atoms with Crippen LogP contribution in [0.4, 0.5) is 0 Å². The summed E-state index contributed by atoms with van der Waals surface area (Å²) in [6.45, 7) is 0.838. The molecular weight excluding hydrogens is 272 g/mol. The quantitative estimate of drug-likeness (QED) is 0.795. The zero-order valence-corrected chi connectivity index (χ0v) is 10.7. The second kappa shape index (κ2) is 5.64. The number of carbonyl (C=O) groups excluding carboxylic acids is 1. The SMILES string of the molecule is O=C(CCC1CCCCO1)c1ccc(Br)o1. The molecule has 16 heavy (non-hydrogen) atoms. The summed E-state index contributed by atoms with van der Waals surface area (Å²) in [4.78, 5) is 11.7. The molecule has 2 heterocycles. The summed E-state index contributed by atoms with van der Waals surface area (Å²) in [5.74, 6) is 0.488. The Morgan fingerprint density at radius 2 is 2.31 bits per heavy atom. The maximum Gasteiger partial charge on any atom is 0.198 e. The number of hydrogen-bond acceptors (Lipinski definition) is 3. The zero-order chi connectivity index (χ0) is 11.4. The Morgan fingerprint density at radius 1 is 1.44 bits per heavy atom. The minimum Gasteiger partial charge on any atom is -0.446 e. The summed E-state index contributed by atoms with van der Waals surface area (Å²) in [5, 5.41) is 0. The molecule has 2 rings (SSSR count). The molecule has 0 bridgehead atoms. The minimum absolute atomic E-state index is 0.0554. The third-order valence-electron chi connectivity index (χ3n) is 2.82. The van der Waals surface area contributed by atoms with Gasteiger partial charge in [0, 0.05) is 13.0 Å². The van der Waals surface area contributed by atoms with Crippen LogP contribution in [-0.2, 0) is 4.74 Å². The van der Waals surface area contributed by atoms with Crippen LogP contribution in [0.5, 0.6) is 0 Å². The molecule has 1 atom stereocenters. The Hall–Kier alpha value is -0.610. The first kappa shape index (κ1) is 11.9. The van der Waals surface area contributed by atoms with Crippen LogP contribution in [0.2, 0.25) is 0 Å². The number of Topliss-reactive ketones (excluding diaryl/α,β-unsaturated/α-hetero) is 1. The van der Waals surface area contributed by atoms with Gasteiger partial charge in [-0.3, -0.25) is 4.79 Å². The Kier molecular flexibility index (Phi) is 4.18. The van der Waals surface area contributed by atoms with Gasteiger partial charge in [-0.25, -0.2) is 0 Å². The summed E-state index contributed by atoms with van der Waals surface area (Å²) in [7, 11) is 0. The lowest BCUT2D eigenvalue weighted by Gasteiger charge is -2.21. The van der Waals surface area contributed by atoms with Gasteiger partial charge in [-0.05, 0) is 53.7 Å². The highest BCUT2D eigenvalue weighted by Gasteiger charge is 2.17. The molecule has 1 fully saturated rings. The van der Waals surface area contributed by atoms with E-state index < -0.39 is 0 Å². The van der Waals surface area contributed by atoms with Crippen LogP contribution >= 0.6 is 15.9 Å². The van der Waals surface area contributed by atoms with E-state index in [-0.39, 0.29) is 11.9 Å². The van der Waals surface area contributed by atoms with Crippen molar-refractivity contribution in [1.29, 1.82) is 0 Å². The summed E-state index contributed by atoms with van der Waals surface area (Å²) in [6, 6.07) is 3.44. The smallest absolute Gasteiger partial charge is 0.198 e. The van der Waals surface area contributed by atoms with Gasteiger partial charge in [-0.1, -0.05) is 0 Å². The van der Waals surface area contributed by atoms with Crippen LogP contribution in [-0.4, -0.2) is 18.5 Å². The number of furan rings is 1. The van der Waals surface area contributed by atoms with Gasteiger partial charge in [0.2, 0.25) is 0 Å². The van der Waals surface area contributed by atoms with E-state index >= 15 is 0 Å². The summed E-state index contributed by atoms with van der Waals surface area (Å²) in [6.07, 6.45) is 5.01. The lowest BCUT2D eigenvalue weighted by Crippen LogP contribution is -2.19. The van der Waals surface area contributed by atoms with Crippen LogP contribution < -0.4 is 0 Å². The van der Waals surface area contributed by atoms with Gasteiger partial charge in [0.15, 0.2) is 16.2 Å². The number of ketones is 1. The van der Waals surface area contributed by atoms with E-state index in [4.69, 9.17) is 9.15 Å². The number of rotatable bonds is 4. The normalized spacial score (nSPS) is 20.9. The van der Waals surface area contributed by atoms with E-state index in [2.05, 4.69) is 15.9 Å². The van der Waals surface area contributed by atoms with Crippen molar-refractivity contribution in [2.24, 2.45) is 0 Å². The third kappa shape index (κ3) is 3.19. The molecule has 0 radical (unpaired) electrons. The standard InChI is InChI=1S/C12H15BrO3/c13-12-7-6-11(16-12)10(14)5-4-9-3-1-2-8-15-9/h6-7,9H,1-5,8H2. The molecule has 0 saturated carbocycles. The molecule has 1 aliphatic heterocycles. The van der Waals surface area contributed by atoms with Crippen molar-refractivity contribution >= 4 is 21.7 Å². The van der Waals surface area contributed by atoms with Crippen molar-refractivity contribution < 1.29 is 13.9 Å². The fraction of sp³-hybridized carbons (Fsp3) is 0.583. The highest BCUT2D eigenvalue weighted by molar-refractivity contribution is 9.10. The maximum atomic E-state index is 11.7.